The summed E-state index contributed by atoms with van der Waals surface area (Å²) in [6.07, 6.45) is 3.13. The Balaban J connectivity index is 2.18. The highest BCUT2D eigenvalue weighted by Gasteiger charge is 2.37. The molecule has 96 valence electrons. The number of rotatable bonds is 4. The van der Waals surface area contributed by atoms with Gasteiger partial charge >= 0.3 is 5.97 Å². The number of carboxylic acid groups (broad SMARTS) is 1. The molecule has 1 atom stereocenters. The van der Waals surface area contributed by atoms with Gasteiger partial charge in [-0.1, -0.05) is 0 Å². The summed E-state index contributed by atoms with van der Waals surface area (Å²) >= 11 is 0. The quantitative estimate of drug-likeness (QED) is 0.786. The lowest BCUT2D eigenvalue weighted by Crippen LogP contribution is -2.44. The van der Waals surface area contributed by atoms with Crippen molar-refractivity contribution in [2.75, 3.05) is 0 Å². The van der Waals surface area contributed by atoms with Gasteiger partial charge in [0, 0.05) is 13.2 Å². The van der Waals surface area contributed by atoms with Gasteiger partial charge in [0.15, 0.2) is 0 Å². The smallest absolute Gasteiger partial charge is 0.326 e. The molecule has 1 unspecified atom stereocenters. The molecule has 1 aliphatic carbocycles. The first-order chi connectivity index (χ1) is 8.50. The second-order valence-electron chi connectivity index (χ2n) is 4.46. The van der Waals surface area contributed by atoms with Crippen LogP contribution in [0, 0.1) is 5.92 Å². The lowest BCUT2D eigenvalue weighted by Gasteiger charge is -2.13. The monoisotopic (exact) mass is 250 g/mol. The highest BCUT2D eigenvalue weighted by Crippen LogP contribution is 2.32. The van der Waals surface area contributed by atoms with E-state index in [-0.39, 0.29) is 11.5 Å². The highest BCUT2D eigenvalue weighted by molar-refractivity contribution is 5.96. The third-order valence-corrected chi connectivity index (χ3v) is 3.01. The summed E-state index contributed by atoms with van der Waals surface area (Å²) in [6.45, 7) is 0. The van der Waals surface area contributed by atoms with Crippen molar-refractivity contribution in [1.29, 1.82) is 0 Å². The predicted octanol–water partition coefficient (Wildman–Crippen LogP) is -0.0217. The van der Waals surface area contributed by atoms with Gasteiger partial charge in [0.1, 0.15) is 11.6 Å². The maximum atomic E-state index is 11.9. The zero-order chi connectivity index (χ0) is 13.3. The molecule has 0 radical (unpaired) electrons. The summed E-state index contributed by atoms with van der Waals surface area (Å²) in [7, 11) is 1.54. The van der Waals surface area contributed by atoms with Crippen molar-refractivity contribution in [2.24, 2.45) is 13.0 Å². The summed E-state index contributed by atoms with van der Waals surface area (Å²) in [6, 6.07) is 2.06. The van der Waals surface area contributed by atoms with E-state index in [9.17, 15) is 14.4 Å². The Hall–Kier alpha value is -2.11. The second kappa shape index (κ2) is 4.64. The van der Waals surface area contributed by atoms with Gasteiger partial charge in [-0.05, 0) is 30.9 Å². The van der Waals surface area contributed by atoms with Gasteiger partial charge in [0.05, 0.1) is 0 Å². The normalized spacial score (nSPS) is 16.1. The van der Waals surface area contributed by atoms with Gasteiger partial charge in [0.2, 0.25) is 0 Å². The first-order valence-electron chi connectivity index (χ1n) is 5.70. The number of pyridine rings is 1. The first-order valence-corrected chi connectivity index (χ1v) is 5.70. The Morgan fingerprint density at radius 1 is 1.50 bits per heavy atom. The molecule has 1 saturated carbocycles. The minimum atomic E-state index is -1.06. The minimum Gasteiger partial charge on any atom is -0.480 e. The van der Waals surface area contributed by atoms with Crippen LogP contribution in [0.1, 0.15) is 23.2 Å². The lowest BCUT2D eigenvalue weighted by molar-refractivity contribution is -0.139. The maximum Gasteiger partial charge on any atom is 0.326 e. The van der Waals surface area contributed by atoms with Crippen LogP contribution < -0.4 is 10.9 Å². The number of carbonyl (C=O) groups excluding carboxylic acids is 1. The van der Waals surface area contributed by atoms with Crippen molar-refractivity contribution >= 4 is 11.9 Å². The fraction of sp³-hybridized carbons (Fsp3) is 0.417. The van der Waals surface area contributed by atoms with Crippen LogP contribution in [0.15, 0.2) is 23.1 Å². The molecule has 18 heavy (non-hydrogen) atoms. The number of hydrogen-bond acceptors (Lipinski definition) is 3. The number of carbonyl (C=O) groups is 2. The second-order valence-corrected chi connectivity index (χ2v) is 4.46. The van der Waals surface area contributed by atoms with E-state index in [1.165, 1.54) is 23.9 Å². The number of nitrogens with one attached hydrogen (secondary N) is 1. The molecule has 1 fully saturated rings. The van der Waals surface area contributed by atoms with Crippen LogP contribution in [0.4, 0.5) is 0 Å². The van der Waals surface area contributed by atoms with Crippen LogP contribution >= 0.6 is 0 Å². The van der Waals surface area contributed by atoms with Crippen molar-refractivity contribution in [3.63, 3.8) is 0 Å². The SMILES string of the molecule is Cn1cccc(C(=O)NC(C(=O)O)C2CC2)c1=O. The maximum absolute atomic E-state index is 11.9. The Labute approximate surface area is 103 Å². The zero-order valence-corrected chi connectivity index (χ0v) is 9.92. The van der Waals surface area contributed by atoms with E-state index in [0.717, 1.165) is 12.8 Å². The van der Waals surface area contributed by atoms with Gasteiger partial charge in [-0.15, -0.1) is 0 Å². The molecule has 0 bridgehead atoms. The molecule has 6 nitrogen and oxygen atoms in total. The van der Waals surface area contributed by atoms with E-state index in [0.29, 0.717) is 0 Å². The molecule has 1 aromatic rings. The number of aryl methyl sites for hydroxylation is 1. The topological polar surface area (TPSA) is 88.4 Å². The van der Waals surface area contributed by atoms with E-state index in [4.69, 9.17) is 5.11 Å². The number of aliphatic carboxylic acids is 1. The van der Waals surface area contributed by atoms with Gasteiger partial charge in [-0.25, -0.2) is 4.79 Å². The van der Waals surface area contributed by atoms with Crippen molar-refractivity contribution in [3.8, 4) is 0 Å². The van der Waals surface area contributed by atoms with Crippen LogP contribution in [0.5, 0.6) is 0 Å². The Morgan fingerprint density at radius 3 is 2.72 bits per heavy atom. The number of amides is 1. The molecule has 1 amide bonds. The van der Waals surface area contributed by atoms with E-state index in [1.807, 2.05) is 0 Å². The summed E-state index contributed by atoms with van der Waals surface area (Å²) < 4.78 is 1.28. The number of hydrogen-bond donors (Lipinski definition) is 2. The molecule has 0 aliphatic heterocycles. The molecule has 1 aliphatic rings. The zero-order valence-electron chi connectivity index (χ0n) is 9.92. The molecule has 1 aromatic heterocycles. The Bertz CT molecular complexity index is 545. The van der Waals surface area contributed by atoms with Crippen molar-refractivity contribution < 1.29 is 14.7 Å². The van der Waals surface area contributed by atoms with Gasteiger partial charge < -0.3 is 15.0 Å². The molecule has 0 saturated heterocycles. The van der Waals surface area contributed by atoms with E-state index in [2.05, 4.69) is 5.32 Å². The average Bonchev–Trinajstić information content (AvgIpc) is 3.13. The van der Waals surface area contributed by atoms with E-state index in [1.54, 1.807) is 6.07 Å². The molecule has 6 heteroatoms. The fourth-order valence-corrected chi connectivity index (χ4v) is 1.80. The summed E-state index contributed by atoms with van der Waals surface area (Å²) in [4.78, 5) is 34.6. The Kier molecular flexibility index (Phi) is 3.18. The van der Waals surface area contributed by atoms with Crippen LogP contribution in [-0.2, 0) is 11.8 Å². The van der Waals surface area contributed by atoms with Crippen LogP contribution in [0.25, 0.3) is 0 Å². The molecule has 1 heterocycles. The van der Waals surface area contributed by atoms with Crippen LogP contribution in [0.2, 0.25) is 0 Å². The van der Waals surface area contributed by atoms with Crippen LogP contribution in [-0.4, -0.2) is 27.6 Å². The molecule has 2 rings (SSSR count). The van der Waals surface area contributed by atoms with Gasteiger partial charge in [-0.2, -0.15) is 0 Å². The fourth-order valence-electron chi connectivity index (χ4n) is 1.80. The number of nitrogens with zero attached hydrogens (tertiary/aromatic N) is 1. The standard InChI is InChI=1S/C12H14N2O4/c1-14-6-2-3-8(11(14)16)10(15)13-9(12(17)18)7-4-5-7/h2-3,6-7,9H,4-5H2,1H3,(H,13,15)(H,17,18). The summed E-state index contributed by atoms with van der Waals surface area (Å²) in [5.74, 6) is -1.70. The number of carboxylic acids is 1. The minimum absolute atomic E-state index is 0.0148. The average molecular weight is 250 g/mol. The van der Waals surface area contributed by atoms with Crippen molar-refractivity contribution in [1.82, 2.24) is 9.88 Å². The summed E-state index contributed by atoms with van der Waals surface area (Å²) in [5.41, 5.74) is -0.471. The predicted molar refractivity (Wildman–Crippen MR) is 63.3 cm³/mol. The summed E-state index contributed by atoms with van der Waals surface area (Å²) in [5, 5.41) is 11.4. The largest absolute Gasteiger partial charge is 0.480 e. The van der Waals surface area contributed by atoms with Crippen LogP contribution in [0.3, 0.4) is 0 Å². The third-order valence-electron chi connectivity index (χ3n) is 3.01. The van der Waals surface area contributed by atoms with Crippen molar-refractivity contribution in [2.45, 2.75) is 18.9 Å². The first kappa shape index (κ1) is 12.3. The highest BCUT2D eigenvalue weighted by atomic mass is 16.4. The third kappa shape index (κ3) is 2.42. The molecule has 0 aromatic carbocycles. The van der Waals surface area contributed by atoms with Crippen molar-refractivity contribution in [3.05, 3.63) is 34.2 Å². The molecular weight excluding hydrogens is 236 g/mol. The van der Waals surface area contributed by atoms with E-state index >= 15 is 0 Å². The number of aromatic nitrogens is 1. The van der Waals surface area contributed by atoms with Gasteiger partial charge in [-0.3, -0.25) is 9.59 Å². The molecule has 2 N–H and O–H groups in total. The lowest BCUT2D eigenvalue weighted by atomic mass is 10.1. The Morgan fingerprint density at radius 2 is 2.17 bits per heavy atom. The molecule has 0 spiro atoms. The van der Waals surface area contributed by atoms with E-state index < -0.39 is 23.5 Å². The molecular formula is C12H14N2O4. The van der Waals surface area contributed by atoms with Gasteiger partial charge in [0.25, 0.3) is 11.5 Å².